The molecule has 27 heavy (non-hydrogen) atoms. The van der Waals surface area contributed by atoms with Gasteiger partial charge in [-0.2, -0.15) is 0 Å². The van der Waals surface area contributed by atoms with Gasteiger partial charge in [0.25, 0.3) is 0 Å². The molecule has 1 heterocycles. The summed E-state index contributed by atoms with van der Waals surface area (Å²) in [5, 5.41) is 43.3. The average Bonchev–Trinajstić information content (AvgIpc) is 3.23. The molecule has 0 fully saturated rings. The standard InChI is InChI=1S/C17H21FN4O4S/c1-17(2,24)13(23)8-27-16-14(21-26-22-16)15(20-25)19-12-6-4-9-3-5-10(18)7-11(9)12/h3,5,7,12-13,23-25H,4,6,8H2,1-2H3,(H,19,20). The quantitative estimate of drug-likeness (QED) is 0.192. The van der Waals surface area contributed by atoms with Crippen LogP contribution in [0.1, 0.15) is 43.1 Å². The molecule has 2 unspecified atom stereocenters. The molecule has 1 aliphatic rings. The van der Waals surface area contributed by atoms with Crippen LogP contribution in [0.4, 0.5) is 4.39 Å². The smallest absolute Gasteiger partial charge is 0.198 e. The topological polar surface area (TPSA) is 124 Å². The van der Waals surface area contributed by atoms with Crippen molar-refractivity contribution in [2.75, 3.05) is 5.75 Å². The van der Waals surface area contributed by atoms with Crippen molar-refractivity contribution in [1.29, 1.82) is 0 Å². The molecule has 2 atom stereocenters. The van der Waals surface area contributed by atoms with E-state index in [-0.39, 0.29) is 29.1 Å². The van der Waals surface area contributed by atoms with Crippen molar-refractivity contribution in [2.24, 2.45) is 5.16 Å². The van der Waals surface area contributed by atoms with Crippen LogP contribution in [0.5, 0.6) is 0 Å². The first-order valence-electron chi connectivity index (χ1n) is 8.42. The second kappa shape index (κ2) is 7.83. The number of hydrogen-bond donors (Lipinski definition) is 4. The molecule has 10 heteroatoms. The van der Waals surface area contributed by atoms with Crippen molar-refractivity contribution in [3.63, 3.8) is 0 Å². The van der Waals surface area contributed by atoms with E-state index in [4.69, 9.17) is 4.63 Å². The number of halogens is 1. The number of aliphatic hydroxyl groups is 2. The number of fused-ring (bicyclic) bond motifs is 1. The number of amidine groups is 1. The van der Waals surface area contributed by atoms with E-state index in [2.05, 4.69) is 20.8 Å². The molecule has 0 saturated heterocycles. The van der Waals surface area contributed by atoms with Gasteiger partial charge < -0.3 is 20.7 Å². The van der Waals surface area contributed by atoms with E-state index in [0.29, 0.717) is 11.4 Å². The molecule has 2 aromatic rings. The number of nitrogens with one attached hydrogen (secondary N) is 1. The Kier molecular flexibility index (Phi) is 5.68. The maximum atomic E-state index is 13.6. The zero-order chi connectivity index (χ0) is 19.6. The lowest BCUT2D eigenvalue weighted by Crippen LogP contribution is -2.37. The molecule has 0 bridgehead atoms. The Hall–Kier alpha value is -2.17. The minimum atomic E-state index is -1.27. The van der Waals surface area contributed by atoms with Gasteiger partial charge in [-0.25, -0.2) is 9.02 Å². The van der Waals surface area contributed by atoms with E-state index in [9.17, 15) is 19.8 Å². The fourth-order valence-electron chi connectivity index (χ4n) is 2.81. The van der Waals surface area contributed by atoms with Crippen LogP contribution in [-0.2, 0) is 6.42 Å². The van der Waals surface area contributed by atoms with Crippen LogP contribution in [0.25, 0.3) is 0 Å². The molecule has 1 aromatic carbocycles. The normalized spacial score (nSPS) is 18.4. The van der Waals surface area contributed by atoms with Crippen LogP contribution in [0.2, 0.25) is 0 Å². The highest BCUT2D eigenvalue weighted by Gasteiger charge is 2.29. The van der Waals surface area contributed by atoms with E-state index in [1.807, 2.05) is 0 Å². The molecule has 0 aliphatic heterocycles. The van der Waals surface area contributed by atoms with Gasteiger partial charge in [0.1, 0.15) is 5.82 Å². The Morgan fingerprint density at radius 2 is 2.26 bits per heavy atom. The summed E-state index contributed by atoms with van der Waals surface area (Å²) in [5.74, 6) is -0.149. The predicted molar refractivity (Wildman–Crippen MR) is 96.2 cm³/mol. The lowest BCUT2D eigenvalue weighted by molar-refractivity contribution is -0.0350. The highest BCUT2D eigenvalue weighted by molar-refractivity contribution is 7.99. The SMILES string of the molecule is CC(C)(O)C(O)CSc1nonc1/C(=N/O)NC1CCc2ccc(F)cc21. The van der Waals surface area contributed by atoms with Gasteiger partial charge in [0.05, 0.1) is 17.7 Å². The van der Waals surface area contributed by atoms with E-state index >= 15 is 0 Å². The summed E-state index contributed by atoms with van der Waals surface area (Å²) in [7, 11) is 0. The summed E-state index contributed by atoms with van der Waals surface area (Å²) in [5.41, 5.74) is 0.746. The molecule has 8 nitrogen and oxygen atoms in total. The molecule has 1 aliphatic carbocycles. The third-order valence-electron chi connectivity index (χ3n) is 4.47. The highest BCUT2D eigenvalue weighted by Crippen LogP contribution is 2.32. The Bertz CT molecular complexity index is 837. The third kappa shape index (κ3) is 4.40. The maximum absolute atomic E-state index is 13.6. The molecule has 3 rings (SSSR count). The number of aliphatic hydroxyl groups excluding tert-OH is 1. The third-order valence-corrected chi connectivity index (χ3v) is 5.50. The molecule has 146 valence electrons. The van der Waals surface area contributed by atoms with Gasteiger partial charge in [-0.15, -0.1) is 0 Å². The number of hydrogen-bond acceptors (Lipinski definition) is 8. The molecular formula is C17H21FN4O4S. The van der Waals surface area contributed by atoms with Crippen LogP contribution < -0.4 is 5.32 Å². The number of oxime groups is 1. The summed E-state index contributed by atoms with van der Waals surface area (Å²) in [6, 6.07) is 4.40. The van der Waals surface area contributed by atoms with E-state index < -0.39 is 11.7 Å². The van der Waals surface area contributed by atoms with Gasteiger partial charge in [0.2, 0.25) is 0 Å². The van der Waals surface area contributed by atoms with Crippen molar-refractivity contribution >= 4 is 17.6 Å². The minimum absolute atomic E-state index is 0.0404. The van der Waals surface area contributed by atoms with Gasteiger partial charge in [-0.05, 0) is 60.3 Å². The van der Waals surface area contributed by atoms with Gasteiger partial charge in [0, 0.05) is 5.75 Å². The van der Waals surface area contributed by atoms with Crippen molar-refractivity contribution in [3.05, 3.63) is 40.8 Å². The second-order valence-electron chi connectivity index (χ2n) is 6.93. The maximum Gasteiger partial charge on any atom is 0.198 e. The monoisotopic (exact) mass is 396 g/mol. The van der Waals surface area contributed by atoms with Crippen LogP contribution in [0.15, 0.2) is 33.0 Å². The van der Waals surface area contributed by atoms with Gasteiger partial charge in [0.15, 0.2) is 16.6 Å². The lowest BCUT2D eigenvalue weighted by atomic mass is 10.0. The second-order valence-corrected chi connectivity index (χ2v) is 7.93. The predicted octanol–water partition coefficient (Wildman–Crippen LogP) is 1.85. The van der Waals surface area contributed by atoms with Crippen LogP contribution in [0.3, 0.4) is 0 Å². The molecule has 0 radical (unpaired) electrons. The van der Waals surface area contributed by atoms with E-state index in [1.54, 1.807) is 6.07 Å². The van der Waals surface area contributed by atoms with Crippen molar-refractivity contribution in [1.82, 2.24) is 15.6 Å². The van der Waals surface area contributed by atoms with E-state index in [0.717, 1.165) is 29.3 Å². The van der Waals surface area contributed by atoms with Crippen molar-refractivity contribution in [3.8, 4) is 0 Å². The molecular weight excluding hydrogens is 375 g/mol. The van der Waals surface area contributed by atoms with Crippen LogP contribution >= 0.6 is 11.8 Å². The number of aryl methyl sites for hydroxylation is 1. The molecule has 0 spiro atoms. The van der Waals surface area contributed by atoms with Crippen molar-refractivity contribution in [2.45, 2.75) is 49.5 Å². The molecule has 0 saturated carbocycles. The Labute approximate surface area is 159 Å². The van der Waals surface area contributed by atoms with Crippen LogP contribution in [-0.4, -0.2) is 49.0 Å². The van der Waals surface area contributed by atoms with Crippen molar-refractivity contribution < 1.29 is 24.4 Å². The number of aromatic nitrogens is 2. The average molecular weight is 396 g/mol. The zero-order valence-electron chi connectivity index (χ0n) is 14.9. The number of nitrogens with zero attached hydrogens (tertiary/aromatic N) is 3. The molecule has 4 N–H and O–H groups in total. The summed E-state index contributed by atoms with van der Waals surface area (Å²) >= 11 is 1.11. The number of rotatable bonds is 6. The first-order chi connectivity index (χ1) is 12.8. The number of benzene rings is 1. The van der Waals surface area contributed by atoms with Gasteiger partial charge >= 0.3 is 0 Å². The highest BCUT2D eigenvalue weighted by atomic mass is 32.2. The molecule has 1 aromatic heterocycles. The Morgan fingerprint density at radius 3 is 2.96 bits per heavy atom. The fourth-order valence-corrected chi connectivity index (χ4v) is 3.89. The Morgan fingerprint density at radius 1 is 1.48 bits per heavy atom. The van der Waals surface area contributed by atoms with Gasteiger partial charge in [-0.3, -0.25) is 0 Å². The lowest BCUT2D eigenvalue weighted by Gasteiger charge is -2.23. The number of thioether (sulfide) groups is 1. The largest absolute Gasteiger partial charge is 0.409 e. The summed E-state index contributed by atoms with van der Waals surface area (Å²) in [6.07, 6.45) is 0.491. The first kappa shape index (κ1) is 19.6. The molecule has 0 amide bonds. The fraction of sp³-hybridized carbons (Fsp3) is 0.471. The summed E-state index contributed by atoms with van der Waals surface area (Å²) in [6.45, 7) is 3.00. The minimum Gasteiger partial charge on any atom is -0.409 e. The van der Waals surface area contributed by atoms with Gasteiger partial charge in [-0.1, -0.05) is 23.0 Å². The first-order valence-corrected chi connectivity index (χ1v) is 9.41. The Balaban J connectivity index is 1.73. The zero-order valence-corrected chi connectivity index (χ0v) is 15.7. The van der Waals surface area contributed by atoms with E-state index in [1.165, 1.54) is 26.0 Å². The summed E-state index contributed by atoms with van der Waals surface area (Å²) in [4.78, 5) is 0. The van der Waals surface area contributed by atoms with Crippen LogP contribution in [0, 0.1) is 5.82 Å². The summed E-state index contributed by atoms with van der Waals surface area (Å²) < 4.78 is 18.3.